The van der Waals surface area contributed by atoms with E-state index in [9.17, 15) is 0 Å². The Morgan fingerprint density at radius 1 is 0.762 bits per heavy atom. The van der Waals surface area contributed by atoms with Gasteiger partial charge in [-0.05, 0) is 27.8 Å². The van der Waals surface area contributed by atoms with Crippen LogP contribution in [0.3, 0.4) is 0 Å². The minimum Gasteiger partial charge on any atom is -0.0987 e. The Hall–Kier alpha value is -2.60. The molecular formula is C21H18. The van der Waals surface area contributed by atoms with E-state index >= 15 is 0 Å². The molecule has 0 heterocycles. The Balaban J connectivity index is 2.37. The Morgan fingerprint density at radius 2 is 1.24 bits per heavy atom. The highest BCUT2D eigenvalue weighted by molar-refractivity contribution is 5.71. The summed E-state index contributed by atoms with van der Waals surface area (Å²) in [6.07, 6.45) is 4.01. The number of hydrogen-bond donors (Lipinski definition) is 0. The Bertz CT molecular complexity index is 691. The van der Waals surface area contributed by atoms with E-state index in [1.165, 1.54) is 11.1 Å². The quantitative estimate of drug-likeness (QED) is 0.718. The first-order valence-electron chi connectivity index (χ1n) is 7.05. The molecule has 0 radical (unpaired) electrons. The molecule has 0 aromatic heterocycles. The lowest BCUT2D eigenvalue weighted by Gasteiger charge is -2.34. The molecule has 2 aromatic rings. The molecule has 0 nitrogen and oxygen atoms in total. The topological polar surface area (TPSA) is 0 Å². The van der Waals surface area contributed by atoms with Gasteiger partial charge in [-0.1, -0.05) is 92.6 Å². The summed E-state index contributed by atoms with van der Waals surface area (Å²) in [7, 11) is 0. The van der Waals surface area contributed by atoms with Crippen molar-refractivity contribution < 1.29 is 0 Å². The van der Waals surface area contributed by atoms with Crippen molar-refractivity contribution in [1.29, 1.82) is 0 Å². The van der Waals surface area contributed by atoms with Gasteiger partial charge in [0.05, 0.1) is 5.41 Å². The van der Waals surface area contributed by atoms with E-state index in [-0.39, 0.29) is 5.41 Å². The van der Waals surface area contributed by atoms with Crippen LogP contribution in [0.2, 0.25) is 0 Å². The van der Waals surface area contributed by atoms with Gasteiger partial charge in [-0.25, -0.2) is 0 Å². The molecular weight excluding hydrogens is 252 g/mol. The molecule has 0 aliphatic heterocycles. The Kier molecular flexibility index (Phi) is 3.23. The molecule has 0 bridgehead atoms. The Labute approximate surface area is 126 Å². The van der Waals surface area contributed by atoms with Gasteiger partial charge in [-0.15, -0.1) is 0 Å². The Morgan fingerprint density at radius 3 is 1.67 bits per heavy atom. The van der Waals surface area contributed by atoms with Crippen LogP contribution in [0, 0.1) is 0 Å². The van der Waals surface area contributed by atoms with E-state index in [1.54, 1.807) is 0 Å². The lowest BCUT2D eigenvalue weighted by atomic mass is 9.67. The molecule has 0 N–H and O–H groups in total. The molecule has 0 saturated heterocycles. The summed E-state index contributed by atoms with van der Waals surface area (Å²) in [5.41, 5.74) is 5.15. The fourth-order valence-corrected chi connectivity index (χ4v) is 3.23. The summed E-state index contributed by atoms with van der Waals surface area (Å²) >= 11 is 0. The van der Waals surface area contributed by atoms with E-state index in [2.05, 4.69) is 74.3 Å². The molecule has 1 aliphatic carbocycles. The second kappa shape index (κ2) is 5.06. The highest BCUT2D eigenvalue weighted by Gasteiger charge is 2.43. The van der Waals surface area contributed by atoms with E-state index in [4.69, 9.17) is 0 Å². The average Bonchev–Trinajstić information content (AvgIpc) is 2.81. The molecule has 0 amide bonds. The van der Waals surface area contributed by atoms with Crippen molar-refractivity contribution in [3.63, 3.8) is 0 Å². The lowest BCUT2D eigenvalue weighted by Crippen LogP contribution is -2.28. The van der Waals surface area contributed by atoms with Gasteiger partial charge in [-0.3, -0.25) is 0 Å². The summed E-state index contributed by atoms with van der Waals surface area (Å²) in [6, 6.07) is 20.9. The third-order valence-electron chi connectivity index (χ3n) is 4.24. The first-order chi connectivity index (χ1) is 10.2. The normalized spacial score (nSPS) is 16.7. The van der Waals surface area contributed by atoms with Crippen molar-refractivity contribution in [2.45, 2.75) is 5.41 Å². The molecule has 3 rings (SSSR count). The molecule has 2 aromatic carbocycles. The van der Waals surface area contributed by atoms with Gasteiger partial charge < -0.3 is 0 Å². The highest BCUT2D eigenvalue weighted by atomic mass is 14.4. The van der Waals surface area contributed by atoms with Crippen molar-refractivity contribution in [2.24, 2.45) is 0 Å². The monoisotopic (exact) mass is 270 g/mol. The van der Waals surface area contributed by atoms with Crippen molar-refractivity contribution in [2.75, 3.05) is 0 Å². The predicted molar refractivity (Wildman–Crippen MR) is 90.2 cm³/mol. The lowest BCUT2D eigenvalue weighted by molar-refractivity contribution is 0.763. The molecule has 0 spiro atoms. The van der Waals surface area contributed by atoms with Gasteiger partial charge >= 0.3 is 0 Å². The maximum Gasteiger partial charge on any atom is 0.0701 e. The number of allylic oxidation sites excluding steroid dienone is 5. The van der Waals surface area contributed by atoms with Crippen LogP contribution in [0.25, 0.3) is 0 Å². The molecule has 0 saturated carbocycles. The molecule has 0 unspecified atom stereocenters. The number of benzene rings is 2. The van der Waals surface area contributed by atoms with Crippen molar-refractivity contribution >= 4 is 0 Å². The second-order valence-corrected chi connectivity index (χ2v) is 5.29. The minimum atomic E-state index is -0.374. The van der Waals surface area contributed by atoms with Crippen LogP contribution < -0.4 is 0 Å². The summed E-state index contributed by atoms with van der Waals surface area (Å²) in [5, 5.41) is 0. The zero-order valence-electron chi connectivity index (χ0n) is 12.0. The summed E-state index contributed by atoms with van der Waals surface area (Å²) in [4.78, 5) is 0. The molecule has 0 heteroatoms. The van der Waals surface area contributed by atoms with E-state index in [0.29, 0.717) is 0 Å². The largest absolute Gasteiger partial charge is 0.0987 e. The number of rotatable bonds is 3. The first kappa shape index (κ1) is 13.4. The van der Waals surface area contributed by atoms with E-state index in [0.717, 1.165) is 16.7 Å². The van der Waals surface area contributed by atoms with Crippen LogP contribution in [0.1, 0.15) is 11.1 Å². The first-order valence-corrected chi connectivity index (χ1v) is 7.05. The van der Waals surface area contributed by atoms with Crippen LogP contribution >= 0.6 is 0 Å². The van der Waals surface area contributed by atoms with Gasteiger partial charge in [0.25, 0.3) is 0 Å². The average molecular weight is 270 g/mol. The molecule has 21 heavy (non-hydrogen) atoms. The minimum absolute atomic E-state index is 0.374. The second-order valence-electron chi connectivity index (χ2n) is 5.29. The van der Waals surface area contributed by atoms with Crippen LogP contribution in [0.4, 0.5) is 0 Å². The van der Waals surface area contributed by atoms with E-state index < -0.39 is 0 Å². The third-order valence-corrected chi connectivity index (χ3v) is 4.24. The van der Waals surface area contributed by atoms with Gasteiger partial charge in [0.2, 0.25) is 0 Å². The van der Waals surface area contributed by atoms with Gasteiger partial charge in [0.1, 0.15) is 0 Å². The summed E-state index contributed by atoms with van der Waals surface area (Å²) < 4.78 is 0. The van der Waals surface area contributed by atoms with Gasteiger partial charge in [0, 0.05) is 0 Å². The molecule has 0 fully saturated rings. The standard InChI is InChI=1S/C21H18/c1-4-18-15-16(2)17(3)21(18,19-11-7-5-8-12-19)20-13-9-6-10-14-20/h4-15H,1-3H2. The number of hydrogen-bond acceptors (Lipinski definition) is 0. The fraction of sp³-hybridized carbons (Fsp3) is 0.0476. The maximum absolute atomic E-state index is 4.34. The highest BCUT2D eigenvalue weighted by Crippen LogP contribution is 2.51. The maximum atomic E-state index is 4.34. The van der Waals surface area contributed by atoms with Gasteiger partial charge in [-0.2, -0.15) is 0 Å². The van der Waals surface area contributed by atoms with Crippen LogP contribution in [-0.4, -0.2) is 0 Å². The molecule has 1 aliphatic rings. The zero-order valence-corrected chi connectivity index (χ0v) is 12.0. The molecule has 0 atom stereocenters. The summed E-state index contributed by atoms with van der Waals surface area (Å²) in [6.45, 7) is 12.5. The van der Waals surface area contributed by atoms with Gasteiger partial charge in [0.15, 0.2) is 0 Å². The zero-order chi connectivity index (χ0) is 14.9. The van der Waals surface area contributed by atoms with E-state index in [1.807, 2.05) is 18.2 Å². The third kappa shape index (κ3) is 1.84. The van der Waals surface area contributed by atoms with Crippen molar-refractivity contribution in [3.05, 3.63) is 120 Å². The fourth-order valence-electron chi connectivity index (χ4n) is 3.23. The SMILES string of the molecule is C=CC1=CC(=C)C(=C)C1(c1ccccc1)c1ccccc1. The van der Waals surface area contributed by atoms with Crippen LogP contribution in [-0.2, 0) is 5.41 Å². The predicted octanol–water partition coefficient (Wildman–Crippen LogP) is 5.21. The van der Waals surface area contributed by atoms with Crippen LogP contribution in [0.15, 0.2) is 109 Å². The van der Waals surface area contributed by atoms with Crippen molar-refractivity contribution in [1.82, 2.24) is 0 Å². The van der Waals surface area contributed by atoms with Crippen molar-refractivity contribution in [3.8, 4) is 0 Å². The molecule has 102 valence electrons. The van der Waals surface area contributed by atoms with Crippen LogP contribution in [0.5, 0.6) is 0 Å². The summed E-state index contributed by atoms with van der Waals surface area (Å²) in [5.74, 6) is 0. The smallest absolute Gasteiger partial charge is 0.0701 e.